The van der Waals surface area contributed by atoms with Crippen molar-refractivity contribution in [3.8, 4) is 0 Å². The number of rotatable bonds is 3. The van der Waals surface area contributed by atoms with Crippen LogP contribution in [0.4, 0.5) is 0 Å². The average molecular weight is 248 g/mol. The van der Waals surface area contributed by atoms with Crippen LogP contribution in [0.3, 0.4) is 0 Å². The van der Waals surface area contributed by atoms with Gasteiger partial charge in [-0.25, -0.2) is 0 Å². The molecule has 0 N–H and O–H groups in total. The topological polar surface area (TPSA) is 25.2 Å². The summed E-state index contributed by atoms with van der Waals surface area (Å²) in [6.45, 7) is 6.46. The van der Waals surface area contributed by atoms with Crippen LogP contribution in [0.2, 0.25) is 0 Å². The zero-order chi connectivity index (χ0) is 13.1. The molecule has 1 aliphatic heterocycles. The van der Waals surface area contributed by atoms with E-state index in [4.69, 9.17) is 0 Å². The van der Waals surface area contributed by atoms with E-state index in [1.54, 1.807) is 0 Å². The third kappa shape index (κ3) is 3.02. The van der Waals surface area contributed by atoms with E-state index in [-0.39, 0.29) is 5.56 Å². The molecule has 100 valence electrons. The van der Waals surface area contributed by atoms with Gasteiger partial charge in [0, 0.05) is 24.3 Å². The Kier molecular flexibility index (Phi) is 4.23. The maximum atomic E-state index is 12.5. The third-order valence-corrected chi connectivity index (χ3v) is 3.67. The summed E-state index contributed by atoms with van der Waals surface area (Å²) in [6.07, 6.45) is 5.13. The summed E-state index contributed by atoms with van der Waals surface area (Å²) >= 11 is 0. The first kappa shape index (κ1) is 13.3. The van der Waals surface area contributed by atoms with Gasteiger partial charge in [-0.05, 0) is 44.8 Å². The summed E-state index contributed by atoms with van der Waals surface area (Å²) in [6, 6.07) is 4.35. The monoisotopic (exact) mass is 248 g/mol. The second kappa shape index (κ2) is 5.70. The van der Waals surface area contributed by atoms with Gasteiger partial charge in [0.25, 0.3) is 5.56 Å². The summed E-state index contributed by atoms with van der Waals surface area (Å²) in [4.78, 5) is 14.8. The first-order valence-electron chi connectivity index (χ1n) is 6.96. The molecule has 1 aromatic rings. The number of likely N-dealkylation sites (tertiary alicyclic amines) is 1. The van der Waals surface area contributed by atoms with Crippen LogP contribution in [-0.4, -0.2) is 29.6 Å². The van der Waals surface area contributed by atoms with Gasteiger partial charge >= 0.3 is 0 Å². The molecule has 2 heterocycles. The molecule has 0 spiro atoms. The molecule has 1 atom stereocenters. The van der Waals surface area contributed by atoms with Crippen molar-refractivity contribution in [3.63, 3.8) is 0 Å². The Balaban J connectivity index is 2.25. The fourth-order valence-electron chi connectivity index (χ4n) is 2.81. The van der Waals surface area contributed by atoms with Crippen molar-refractivity contribution in [1.82, 2.24) is 9.47 Å². The Hall–Kier alpha value is -1.09. The summed E-state index contributed by atoms with van der Waals surface area (Å²) in [5.74, 6) is 0.530. The smallest absolute Gasteiger partial charge is 0.254 e. The lowest BCUT2D eigenvalue weighted by atomic mass is 10.0. The van der Waals surface area contributed by atoms with Crippen LogP contribution in [0.25, 0.3) is 0 Å². The molecule has 0 bridgehead atoms. The normalized spacial score (nSPS) is 21.4. The molecule has 1 aromatic heterocycles. The summed E-state index contributed by atoms with van der Waals surface area (Å²) in [7, 11) is 2.13. The van der Waals surface area contributed by atoms with E-state index in [1.165, 1.54) is 6.42 Å². The zero-order valence-corrected chi connectivity index (χ0v) is 11.7. The Bertz CT molecular complexity index is 450. The van der Waals surface area contributed by atoms with Gasteiger partial charge < -0.3 is 9.47 Å². The molecule has 3 nitrogen and oxygen atoms in total. The number of nitrogens with zero attached hydrogens (tertiary/aromatic N) is 2. The van der Waals surface area contributed by atoms with Crippen LogP contribution < -0.4 is 5.56 Å². The highest BCUT2D eigenvalue weighted by atomic mass is 16.1. The van der Waals surface area contributed by atoms with Gasteiger partial charge in [-0.15, -0.1) is 0 Å². The number of piperidine rings is 1. The van der Waals surface area contributed by atoms with E-state index in [0.717, 1.165) is 31.5 Å². The van der Waals surface area contributed by atoms with Crippen molar-refractivity contribution in [2.75, 3.05) is 20.1 Å². The van der Waals surface area contributed by atoms with Gasteiger partial charge in [0.05, 0.1) is 0 Å². The Morgan fingerprint density at radius 1 is 1.44 bits per heavy atom. The summed E-state index contributed by atoms with van der Waals surface area (Å²) < 4.78 is 1.95. The third-order valence-electron chi connectivity index (χ3n) is 3.67. The van der Waals surface area contributed by atoms with Gasteiger partial charge in [-0.1, -0.05) is 19.9 Å². The molecule has 1 unspecified atom stereocenters. The van der Waals surface area contributed by atoms with Crippen LogP contribution in [0.5, 0.6) is 0 Å². The van der Waals surface area contributed by atoms with E-state index < -0.39 is 0 Å². The highest BCUT2D eigenvalue weighted by molar-refractivity contribution is 5.12. The highest BCUT2D eigenvalue weighted by Crippen LogP contribution is 2.19. The van der Waals surface area contributed by atoms with Crippen molar-refractivity contribution in [2.45, 2.75) is 39.2 Å². The predicted octanol–water partition coefficient (Wildman–Crippen LogP) is 2.31. The lowest BCUT2D eigenvalue weighted by Gasteiger charge is -2.31. The van der Waals surface area contributed by atoms with E-state index in [1.807, 2.05) is 22.9 Å². The maximum absolute atomic E-state index is 12.5. The van der Waals surface area contributed by atoms with Crippen molar-refractivity contribution < 1.29 is 0 Å². The molecular weight excluding hydrogens is 224 g/mol. The molecule has 18 heavy (non-hydrogen) atoms. The van der Waals surface area contributed by atoms with Gasteiger partial charge in [0.2, 0.25) is 0 Å². The minimum absolute atomic E-state index is 0.214. The number of likely N-dealkylation sites (N-methyl/N-ethyl adjacent to an activating group) is 1. The Morgan fingerprint density at radius 2 is 2.22 bits per heavy atom. The van der Waals surface area contributed by atoms with Crippen molar-refractivity contribution in [3.05, 3.63) is 34.2 Å². The van der Waals surface area contributed by atoms with E-state index >= 15 is 0 Å². The van der Waals surface area contributed by atoms with Crippen molar-refractivity contribution in [2.24, 2.45) is 5.92 Å². The Morgan fingerprint density at radius 3 is 2.89 bits per heavy atom. The van der Waals surface area contributed by atoms with Gasteiger partial charge in [0.1, 0.15) is 0 Å². The fourth-order valence-corrected chi connectivity index (χ4v) is 2.81. The molecule has 1 aliphatic rings. The molecule has 0 radical (unpaired) electrons. The Labute approximate surface area is 109 Å². The SMILES string of the molecule is CC(C)Cc1cccn(C2CCCN(C)C2)c1=O. The second-order valence-corrected chi connectivity index (χ2v) is 5.90. The number of pyridine rings is 1. The van der Waals surface area contributed by atoms with Gasteiger partial charge in [-0.3, -0.25) is 4.79 Å². The second-order valence-electron chi connectivity index (χ2n) is 5.90. The first-order chi connectivity index (χ1) is 8.58. The van der Waals surface area contributed by atoms with Crippen molar-refractivity contribution >= 4 is 0 Å². The molecule has 0 amide bonds. The standard InChI is InChI=1S/C15H24N2O/c1-12(2)10-13-6-4-9-17(15(13)18)14-7-5-8-16(3)11-14/h4,6,9,12,14H,5,7-8,10-11H2,1-3H3. The summed E-state index contributed by atoms with van der Waals surface area (Å²) in [5.41, 5.74) is 1.17. The number of aromatic nitrogens is 1. The maximum Gasteiger partial charge on any atom is 0.254 e. The fraction of sp³-hybridized carbons (Fsp3) is 0.667. The molecular formula is C15H24N2O. The number of hydrogen-bond acceptors (Lipinski definition) is 2. The van der Waals surface area contributed by atoms with E-state index in [0.29, 0.717) is 12.0 Å². The quantitative estimate of drug-likeness (QED) is 0.820. The highest BCUT2D eigenvalue weighted by Gasteiger charge is 2.20. The predicted molar refractivity (Wildman–Crippen MR) is 75.0 cm³/mol. The average Bonchev–Trinajstić information content (AvgIpc) is 2.31. The molecule has 2 rings (SSSR count). The lowest BCUT2D eigenvalue weighted by Crippen LogP contribution is -2.38. The van der Waals surface area contributed by atoms with Crippen molar-refractivity contribution in [1.29, 1.82) is 0 Å². The molecule has 0 saturated carbocycles. The van der Waals surface area contributed by atoms with Gasteiger partial charge in [-0.2, -0.15) is 0 Å². The zero-order valence-electron chi connectivity index (χ0n) is 11.7. The minimum atomic E-state index is 0.214. The molecule has 1 saturated heterocycles. The van der Waals surface area contributed by atoms with Crippen LogP contribution in [-0.2, 0) is 6.42 Å². The van der Waals surface area contributed by atoms with Crippen LogP contribution in [0.15, 0.2) is 23.1 Å². The van der Waals surface area contributed by atoms with Crippen LogP contribution >= 0.6 is 0 Å². The van der Waals surface area contributed by atoms with Crippen LogP contribution in [0, 0.1) is 5.92 Å². The largest absolute Gasteiger partial charge is 0.311 e. The molecule has 3 heteroatoms. The van der Waals surface area contributed by atoms with E-state index in [9.17, 15) is 4.79 Å². The number of hydrogen-bond donors (Lipinski definition) is 0. The molecule has 0 aliphatic carbocycles. The van der Waals surface area contributed by atoms with E-state index in [2.05, 4.69) is 25.8 Å². The lowest BCUT2D eigenvalue weighted by molar-refractivity contribution is 0.209. The molecule has 1 fully saturated rings. The minimum Gasteiger partial charge on any atom is -0.311 e. The summed E-state index contributed by atoms with van der Waals surface area (Å²) in [5, 5.41) is 0. The first-order valence-corrected chi connectivity index (χ1v) is 6.96. The molecule has 0 aromatic carbocycles. The van der Waals surface area contributed by atoms with Crippen LogP contribution in [0.1, 0.15) is 38.3 Å². The van der Waals surface area contributed by atoms with Gasteiger partial charge in [0.15, 0.2) is 0 Å².